The van der Waals surface area contributed by atoms with Crippen LogP contribution in [0, 0.1) is 0 Å². The van der Waals surface area contributed by atoms with Crippen molar-refractivity contribution in [3.63, 3.8) is 0 Å². The van der Waals surface area contributed by atoms with Crippen LogP contribution in [0.4, 0.5) is 0 Å². The Bertz CT molecular complexity index is 642. The fourth-order valence-corrected chi connectivity index (χ4v) is 2.81. The van der Waals surface area contributed by atoms with E-state index in [2.05, 4.69) is 10.6 Å². The zero-order chi connectivity index (χ0) is 14.0. The highest BCUT2D eigenvalue weighted by Crippen LogP contribution is 2.29. The van der Waals surface area contributed by atoms with E-state index in [0.717, 1.165) is 11.1 Å². The van der Waals surface area contributed by atoms with Gasteiger partial charge in [-0.1, -0.05) is 60.7 Å². The molecule has 1 atom stereocenters. The summed E-state index contributed by atoms with van der Waals surface area (Å²) in [5.41, 5.74) is 1.18. The predicted octanol–water partition coefficient (Wildman–Crippen LogP) is 2.13. The summed E-state index contributed by atoms with van der Waals surface area (Å²) in [6, 6.07) is 19.6. The predicted molar refractivity (Wildman–Crippen MR) is 82.1 cm³/mol. The Labute approximate surface area is 123 Å². The molecule has 2 N–H and O–H groups in total. The highest BCUT2D eigenvalue weighted by atomic mass is 32.1. The third kappa shape index (κ3) is 2.18. The largest absolute Gasteiger partial charge is 0.344 e. The third-order valence-electron chi connectivity index (χ3n) is 3.52. The summed E-state index contributed by atoms with van der Waals surface area (Å²) in [6.07, 6.45) is 0.559. The van der Waals surface area contributed by atoms with E-state index in [1.807, 2.05) is 60.7 Å². The molecule has 3 rings (SSSR count). The monoisotopic (exact) mass is 282 g/mol. The minimum atomic E-state index is -0.820. The molecule has 1 unspecified atom stereocenters. The Morgan fingerprint density at radius 3 is 2.10 bits per heavy atom. The maximum absolute atomic E-state index is 12.5. The fraction of sp³-hybridized carbons (Fsp3) is 0.125. The molecular weight excluding hydrogens is 268 g/mol. The molecule has 0 aromatic heterocycles. The van der Waals surface area contributed by atoms with Crippen molar-refractivity contribution in [3.8, 4) is 0 Å². The van der Waals surface area contributed by atoms with Gasteiger partial charge >= 0.3 is 0 Å². The summed E-state index contributed by atoms with van der Waals surface area (Å²) >= 11 is 5.12. The topological polar surface area (TPSA) is 41.1 Å². The molecule has 100 valence electrons. The molecule has 0 spiro atoms. The Balaban J connectivity index is 2.05. The first-order valence-electron chi connectivity index (χ1n) is 6.44. The highest BCUT2D eigenvalue weighted by Gasteiger charge is 2.45. The highest BCUT2D eigenvalue weighted by molar-refractivity contribution is 7.80. The van der Waals surface area contributed by atoms with Crippen molar-refractivity contribution in [2.45, 2.75) is 12.0 Å². The molecule has 0 aliphatic carbocycles. The van der Waals surface area contributed by atoms with E-state index in [9.17, 15) is 4.79 Å². The molecule has 1 fully saturated rings. The van der Waals surface area contributed by atoms with Gasteiger partial charge in [-0.15, -0.1) is 0 Å². The van der Waals surface area contributed by atoms with Gasteiger partial charge in [0.15, 0.2) is 5.11 Å². The fourth-order valence-electron chi connectivity index (χ4n) is 2.55. The van der Waals surface area contributed by atoms with Gasteiger partial charge in [-0.3, -0.25) is 4.79 Å². The molecule has 1 heterocycles. The molecule has 3 nitrogen and oxygen atoms in total. The molecule has 1 aliphatic rings. The van der Waals surface area contributed by atoms with E-state index in [4.69, 9.17) is 12.2 Å². The summed E-state index contributed by atoms with van der Waals surface area (Å²) in [7, 11) is 0. The minimum absolute atomic E-state index is 0.0995. The van der Waals surface area contributed by atoms with Crippen LogP contribution in [0.3, 0.4) is 0 Å². The molecule has 2 aromatic carbocycles. The maximum atomic E-state index is 12.5. The van der Waals surface area contributed by atoms with Gasteiger partial charge in [-0.05, 0) is 23.3 Å². The van der Waals surface area contributed by atoms with Gasteiger partial charge in [-0.2, -0.15) is 0 Å². The van der Waals surface area contributed by atoms with Gasteiger partial charge in [0.2, 0.25) is 0 Å². The van der Waals surface area contributed by atoms with Gasteiger partial charge in [0.25, 0.3) is 5.91 Å². The van der Waals surface area contributed by atoms with Crippen molar-refractivity contribution in [3.05, 3.63) is 71.8 Å². The van der Waals surface area contributed by atoms with Crippen LogP contribution in [-0.4, -0.2) is 11.0 Å². The van der Waals surface area contributed by atoms with Crippen molar-refractivity contribution in [1.82, 2.24) is 10.6 Å². The standard InChI is InChI=1S/C16H14N2OS/c19-14-16(18-15(20)17-14,13-9-5-2-6-10-13)11-12-7-3-1-4-8-12/h1-10H,11H2,(H2,17,18,19,20). The summed E-state index contributed by atoms with van der Waals surface area (Å²) in [5.74, 6) is -0.0995. The van der Waals surface area contributed by atoms with Gasteiger partial charge in [-0.25, -0.2) is 0 Å². The quantitative estimate of drug-likeness (QED) is 0.847. The smallest absolute Gasteiger partial charge is 0.256 e. The molecule has 2 aromatic rings. The number of carbonyl (C=O) groups is 1. The molecule has 20 heavy (non-hydrogen) atoms. The van der Waals surface area contributed by atoms with Gasteiger partial charge in [0, 0.05) is 6.42 Å². The second-order valence-corrected chi connectivity index (χ2v) is 5.25. The molecule has 1 amide bonds. The molecule has 4 heteroatoms. The molecule has 0 radical (unpaired) electrons. The van der Waals surface area contributed by atoms with Crippen LogP contribution in [0.1, 0.15) is 11.1 Å². The first kappa shape index (κ1) is 12.8. The van der Waals surface area contributed by atoms with Gasteiger partial charge in [0.1, 0.15) is 5.54 Å². The first-order chi connectivity index (χ1) is 9.71. The van der Waals surface area contributed by atoms with Crippen molar-refractivity contribution in [1.29, 1.82) is 0 Å². The average molecular weight is 282 g/mol. The number of amides is 1. The van der Waals surface area contributed by atoms with E-state index in [0.29, 0.717) is 11.5 Å². The van der Waals surface area contributed by atoms with Crippen LogP contribution in [-0.2, 0) is 16.8 Å². The van der Waals surface area contributed by atoms with E-state index in [1.165, 1.54) is 0 Å². The summed E-state index contributed by atoms with van der Waals surface area (Å²) in [5, 5.41) is 6.24. The van der Waals surface area contributed by atoms with Crippen molar-refractivity contribution in [2.24, 2.45) is 0 Å². The van der Waals surface area contributed by atoms with Crippen LogP contribution >= 0.6 is 12.2 Å². The van der Waals surface area contributed by atoms with Gasteiger partial charge in [0.05, 0.1) is 0 Å². The summed E-state index contributed by atoms with van der Waals surface area (Å²) in [6.45, 7) is 0. The lowest BCUT2D eigenvalue weighted by atomic mass is 9.84. The maximum Gasteiger partial charge on any atom is 0.256 e. The lowest BCUT2D eigenvalue weighted by molar-refractivity contribution is -0.124. The van der Waals surface area contributed by atoms with Gasteiger partial charge < -0.3 is 10.6 Å². The SMILES string of the molecule is O=C1NC(=S)NC1(Cc1ccccc1)c1ccccc1. The number of carbonyl (C=O) groups excluding carboxylic acids is 1. The number of nitrogens with one attached hydrogen (secondary N) is 2. The van der Waals surface area contributed by atoms with E-state index < -0.39 is 5.54 Å². The number of benzene rings is 2. The second kappa shape index (κ2) is 5.06. The molecule has 0 bridgehead atoms. The Kier molecular flexibility index (Phi) is 3.24. The van der Waals surface area contributed by atoms with E-state index in [1.54, 1.807) is 0 Å². The average Bonchev–Trinajstić information content (AvgIpc) is 2.76. The van der Waals surface area contributed by atoms with Crippen molar-refractivity contribution in [2.75, 3.05) is 0 Å². The Hall–Kier alpha value is -2.20. The molecule has 1 saturated heterocycles. The zero-order valence-electron chi connectivity index (χ0n) is 10.8. The summed E-state index contributed by atoms with van der Waals surface area (Å²) in [4.78, 5) is 12.5. The Morgan fingerprint density at radius 1 is 0.950 bits per heavy atom. The number of hydrogen-bond donors (Lipinski definition) is 2. The molecular formula is C16H14N2OS. The molecule has 0 saturated carbocycles. The number of rotatable bonds is 3. The summed E-state index contributed by atoms with van der Waals surface area (Å²) < 4.78 is 0. The van der Waals surface area contributed by atoms with Crippen molar-refractivity contribution >= 4 is 23.2 Å². The van der Waals surface area contributed by atoms with Crippen LogP contribution in [0.5, 0.6) is 0 Å². The number of thiocarbonyl (C=S) groups is 1. The van der Waals surface area contributed by atoms with E-state index >= 15 is 0 Å². The van der Waals surface area contributed by atoms with Crippen LogP contribution < -0.4 is 10.6 Å². The lowest BCUT2D eigenvalue weighted by Gasteiger charge is -2.27. The Morgan fingerprint density at radius 2 is 1.55 bits per heavy atom. The molecule has 1 aliphatic heterocycles. The lowest BCUT2D eigenvalue weighted by Crippen LogP contribution is -2.45. The number of hydrogen-bond acceptors (Lipinski definition) is 2. The normalized spacial score (nSPS) is 21.4. The van der Waals surface area contributed by atoms with Crippen LogP contribution in [0.25, 0.3) is 0 Å². The second-order valence-electron chi connectivity index (χ2n) is 4.84. The van der Waals surface area contributed by atoms with E-state index in [-0.39, 0.29) is 5.91 Å². The van der Waals surface area contributed by atoms with Crippen molar-refractivity contribution < 1.29 is 4.79 Å². The zero-order valence-corrected chi connectivity index (χ0v) is 11.6. The minimum Gasteiger partial charge on any atom is -0.344 e. The third-order valence-corrected chi connectivity index (χ3v) is 3.72. The van der Waals surface area contributed by atoms with Crippen LogP contribution in [0.2, 0.25) is 0 Å². The van der Waals surface area contributed by atoms with Crippen LogP contribution in [0.15, 0.2) is 60.7 Å². The first-order valence-corrected chi connectivity index (χ1v) is 6.84.